The van der Waals surface area contributed by atoms with Crippen LogP contribution in [0.4, 0.5) is 11.4 Å². The number of fused-ring (bicyclic) bond motifs is 1. The smallest absolute Gasteiger partial charge is 0.286 e. The van der Waals surface area contributed by atoms with Crippen LogP contribution in [-0.4, -0.2) is 39.0 Å². The first-order valence-corrected chi connectivity index (χ1v) is 17.6. The molecule has 0 bridgehead atoms. The molecule has 8 nitrogen and oxygen atoms in total. The molecule has 0 spiro atoms. The minimum Gasteiger partial charge on any atom is -0.497 e. The Morgan fingerprint density at radius 2 is 1.68 bits per heavy atom. The summed E-state index contributed by atoms with van der Waals surface area (Å²) < 4.78 is 5.59. The van der Waals surface area contributed by atoms with Crippen molar-refractivity contribution in [1.82, 2.24) is 15.4 Å². The average Bonchev–Trinajstić information content (AvgIpc) is 3.66. The number of carbonyl (C=O) groups is 2. The topological polar surface area (TPSA) is 86.3 Å². The second-order valence-corrected chi connectivity index (χ2v) is 14.1. The van der Waals surface area contributed by atoms with Crippen LogP contribution in [0, 0.1) is 0 Å². The van der Waals surface area contributed by atoms with Crippen LogP contribution in [0.1, 0.15) is 29.2 Å². The summed E-state index contributed by atoms with van der Waals surface area (Å²) in [5.41, 5.74) is 7.47. The van der Waals surface area contributed by atoms with E-state index in [0.717, 1.165) is 50.1 Å². The van der Waals surface area contributed by atoms with Crippen LogP contribution in [0.3, 0.4) is 0 Å². The SMILES string of the molecule is COc1ccc(C2CC(c3ccc4ccccc4c3)=NN2C=C2SC(=S)N(NC(=O)Cc3ccccc3Nc3c(Cl)cccc3Cl)C2=O)cc1. The van der Waals surface area contributed by atoms with Crippen LogP contribution in [0.25, 0.3) is 10.8 Å². The first kappa shape index (κ1) is 33.6. The zero-order valence-corrected chi connectivity index (χ0v) is 29.7. The van der Waals surface area contributed by atoms with E-state index in [1.807, 2.05) is 65.7 Å². The van der Waals surface area contributed by atoms with E-state index in [-0.39, 0.29) is 16.8 Å². The number of hydrogen-bond acceptors (Lipinski definition) is 8. The summed E-state index contributed by atoms with van der Waals surface area (Å²) >= 11 is 19.4. The molecule has 2 aliphatic rings. The van der Waals surface area contributed by atoms with E-state index < -0.39 is 11.8 Å². The van der Waals surface area contributed by atoms with Gasteiger partial charge in [0.15, 0.2) is 4.32 Å². The minimum atomic E-state index is -0.439. The zero-order valence-electron chi connectivity index (χ0n) is 26.6. The van der Waals surface area contributed by atoms with E-state index >= 15 is 0 Å². The molecule has 0 radical (unpaired) electrons. The van der Waals surface area contributed by atoms with Crippen molar-refractivity contribution in [3.8, 4) is 5.75 Å². The van der Waals surface area contributed by atoms with Crippen LogP contribution < -0.4 is 15.5 Å². The van der Waals surface area contributed by atoms with Crippen molar-refractivity contribution in [2.45, 2.75) is 18.9 Å². The number of methoxy groups -OCH3 is 1. The van der Waals surface area contributed by atoms with E-state index in [9.17, 15) is 9.59 Å². The number of nitrogens with zero attached hydrogens (tertiary/aromatic N) is 3. The number of ether oxygens (including phenoxy) is 1. The van der Waals surface area contributed by atoms with Gasteiger partial charge in [-0.05, 0) is 76.1 Å². The lowest BCUT2D eigenvalue weighted by atomic mass is 9.97. The van der Waals surface area contributed by atoms with Gasteiger partial charge >= 0.3 is 0 Å². The lowest BCUT2D eigenvalue weighted by Crippen LogP contribution is -2.45. The highest BCUT2D eigenvalue weighted by molar-refractivity contribution is 8.26. The summed E-state index contributed by atoms with van der Waals surface area (Å²) in [6.45, 7) is 0. The molecular formula is C38H29Cl2N5O3S2. The third kappa shape index (κ3) is 7.06. The number of rotatable bonds is 9. The molecule has 5 aromatic rings. The van der Waals surface area contributed by atoms with Crippen LogP contribution >= 0.6 is 47.2 Å². The Bertz CT molecular complexity index is 2190. The number of para-hydroxylation sites is 2. The largest absolute Gasteiger partial charge is 0.497 e. The third-order valence-electron chi connectivity index (χ3n) is 8.40. The molecule has 12 heteroatoms. The Balaban J connectivity index is 1.11. The number of benzene rings is 5. The molecule has 250 valence electrons. The standard InChI is InChI=1S/C38H29Cl2N5O3S2/c1-48-28-17-15-24(16-18-28)33-21-32(27-14-13-23-7-2-3-8-25(23)19-27)42-44(33)22-34-37(47)45(38(49)50-34)43-35(46)20-26-9-4-5-12-31(26)41-36-29(39)10-6-11-30(36)40/h2-19,22,33,41H,20-21H2,1H3,(H,43,46). The van der Waals surface area contributed by atoms with Gasteiger partial charge in [-0.3, -0.25) is 20.0 Å². The minimum absolute atomic E-state index is 0.0353. The molecule has 1 atom stereocenters. The lowest BCUT2D eigenvalue weighted by Gasteiger charge is -2.21. The van der Waals surface area contributed by atoms with Gasteiger partial charge in [-0.1, -0.05) is 108 Å². The highest BCUT2D eigenvalue weighted by atomic mass is 35.5. The molecule has 1 unspecified atom stereocenters. The predicted molar refractivity (Wildman–Crippen MR) is 206 cm³/mol. The van der Waals surface area contributed by atoms with Gasteiger partial charge in [-0.15, -0.1) is 0 Å². The second-order valence-electron chi connectivity index (χ2n) is 11.6. The van der Waals surface area contributed by atoms with E-state index in [4.69, 9.17) is 45.3 Å². The molecular weight excluding hydrogens is 709 g/mol. The molecule has 0 aliphatic carbocycles. The highest BCUT2D eigenvalue weighted by Gasteiger charge is 2.36. The molecule has 1 fully saturated rings. The van der Waals surface area contributed by atoms with E-state index in [2.05, 4.69) is 41.1 Å². The Hall–Kier alpha value is -4.87. The number of thioether (sulfide) groups is 1. The normalized spacial score (nSPS) is 16.7. The van der Waals surface area contributed by atoms with Gasteiger partial charge in [0.1, 0.15) is 5.75 Å². The number of thiocarbonyl (C=S) groups is 1. The summed E-state index contributed by atoms with van der Waals surface area (Å²) in [7, 11) is 1.63. The molecule has 2 heterocycles. The number of anilines is 2. The predicted octanol–water partition coefficient (Wildman–Crippen LogP) is 9.03. The van der Waals surface area contributed by atoms with Crippen LogP contribution in [-0.2, 0) is 16.0 Å². The van der Waals surface area contributed by atoms with E-state index in [1.165, 1.54) is 0 Å². The summed E-state index contributed by atoms with van der Waals surface area (Å²) in [5.74, 6) is -0.113. The number of amides is 2. The number of hydrogen-bond donors (Lipinski definition) is 2. The van der Waals surface area contributed by atoms with Crippen molar-refractivity contribution in [2.75, 3.05) is 12.4 Å². The fourth-order valence-corrected chi connectivity index (χ4v) is 7.48. The first-order valence-electron chi connectivity index (χ1n) is 15.6. The quantitative estimate of drug-likeness (QED) is 0.115. The van der Waals surface area contributed by atoms with Crippen molar-refractivity contribution in [3.05, 3.63) is 147 Å². The summed E-state index contributed by atoms with van der Waals surface area (Å²) in [4.78, 5) is 27.4. The molecule has 2 N–H and O–H groups in total. The van der Waals surface area contributed by atoms with E-state index in [1.54, 1.807) is 31.5 Å². The first-order chi connectivity index (χ1) is 24.3. The Labute approximate surface area is 308 Å². The van der Waals surface area contributed by atoms with Crippen LogP contribution in [0.2, 0.25) is 10.0 Å². The lowest BCUT2D eigenvalue weighted by molar-refractivity contribution is -0.132. The molecule has 2 aliphatic heterocycles. The van der Waals surface area contributed by atoms with Crippen molar-refractivity contribution < 1.29 is 14.3 Å². The number of halogens is 2. The zero-order chi connectivity index (χ0) is 34.8. The molecule has 1 saturated heterocycles. The fourth-order valence-electron chi connectivity index (χ4n) is 5.85. The molecule has 5 aromatic carbocycles. The van der Waals surface area contributed by atoms with Gasteiger partial charge in [0.05, 0.1) is 45.9 Å². The van der Waals surface area contributed by atoms with Gasteiger partial charge in [0.25, 0.3) is 5.91 Å². The monoisotopic (exact) mass is 737 g/mol. The molecule has 2 amide bonds. The summed E-state index contributed by atoms with van der Waals surface area (Å²) in [5, 5.41) is 14.3. The van der Waals surface area contributed by atoms with E-state index in [0.29, 0.717) is 38.3 Å². The summed E-state index contributed by atoms with van der Waals surface area (Å²) in [6.07, 6.45) is 2.29. The Morgan fingerprint density at radius 1 is 0.960 bits per heavy atom. The van der Waals surface area contributed by atoms with Gasteiger partial charge < -0.3 is 10.1 Å². The van der Waals surface area contributed by atoms with Gasteiger partial charge in [-0.2, -0.15) is 10.1 Å². The van der Waals surface area contributed by atoms with Crippen molar-refractivity contribution in [1.29, 1.82) is 0 Å². The van der Waals surface area contributed by atoms with Gasteiger partial charge in [0.2, 0.25) is 5.91 Å². The second kappa shape index (κ2) is 14.5. The number of nitrogens with one attached hydrogen (secondary N) is 2. The molecule has 0 aromatic heterocycles. The summed E-state index contributed by atoms with van der Waals surface area (Å²) in [6, 6.07) is 34.6. The third-order valence-corrected chi connectivity index (χ3v) is 10.3. The highest BCUT2D eigenvalue weighted by Crippen LogP contribution is 2.38. The maximum atomic E-state index is 13.7. The van der Waals surface area contributed by atoms with Gasteiger partial charge in [-0.25, -0.2) is 0 Å². The average molecular weight is 739 g/mol. The molecule has 7 rings (SSSR count). The van der Waals surface area contributed by atoms with Crippen molar-refractivity contribution >= 4 is 91.2 Å². The van der Waals surface area contributed by atoms with Crippen molar-refractivity contribution in [2.24, 2.45) is 5.10 Å². The van der Waals surface area contributed by atoms with Crippen LogP contribution in [0.15, 0.2) is 125 Å². The number of carbonyl (C=O) groups excluding carboxylic acids is 2. The molecule has 0 saturated carbocycles. The van der Waals surface area contributed by atoms with Gasteiger partial charge in [0, 0.05) is 18.3 Å². The Kier molecular flexibility index (Phi) is 9.78. The maximum Gasteiger partial charge on any atom is 0.286 e. The van der Waals surface area contributed by atoms with Crippen LogP contribution in [0.5, 0.6) is 5.75 Å². The van der Waals surface area contributed by atoms with Crippen molar-refractivity contribution in [3.63, 3.8) is 0 Å². The number of hydrazine groups is 1. The fraction of sp³-hybridized carbons (Fsp3) is 0.105. The Morgan fingerprint density at radius 3 is 2.44 bits per heavy atom. The molecule has 50 heavy (non-hydrogen) atoms. The number of hydrazone groups is 1. The maximum absolute atomic E-state index is 13.7.